The summed E-state index contributed by atoms with van der Waals surface area (Å²) in [5.41, 5.74) is 6.54. The number of hydrogen-bond donors (Lipinski definition) is 3. The lowest BCUT2D eigenvalue weighted by Gasteiger charge is -2.12. The van der Waals surface area contributed by atoms with E-state index in [-0.39, 0.29) is 17.8 Å². The number of thiazole rings is 1. The van der Waals surface area contributed by atoms with Crippen LogP contribution in [0.15, 0.2) is 35.7 Å². The van der Waals surface area contributed by atoms with E-state index in [4.69, 9.17) is 12.2 Å². The minimum absolute atomic E-state index is 0.178. The van der Waals surface area contributed by atoms with E-state index >= 15 is 0 Å². The summed E-state index contributed by atoms with van der Waals surface area (Å²) in [6.07, 6.45) is 2.95. The van der Waals surface area contributed by atoms with Gasteiger partial charge in [0.05, 0.1) is 5.69 Å². The summed E-state index contributed by atoms with van der Waals surface area (Å²) in [4.78, 5) is 16.1. The third-order valence-electron chi connectivity index (χ3n) is 2.74. The molecule has 8 heteroatoms. The highest BCUT2D eigenvalue weighted by molar-refractivity contribution is 7.80. The Labute approximate surface area is 149 Å². The molecule has 0 aliphatic heterocycles. The van der Waals surface area contributed by atoms with Crippen LogP contribution in [0, 0.1) is 5.82 Å². The van der Waals surface area contributed by atoms with E-state index in [2.05, 4.69) is 21.2 Å². The summed E-state index contributed by atoms with van der Waals surface area (Å²) in [7, 11) is 0. The van der Waals surface area contributed by atoms with Crippen molar-refractivity contribution in [2.24, 2.45) is 0 Å². The predicted octanol–water partition coefficient (Wildman–Crippen LogP) is 2.87. The highest BCUT2D eigenvalue weighted by Gasteiger charge is 2.04. The Morgan fingerprint density at radius 2 is 2.00 bits per heavy atom. The largest absolute Gasteiger partial charge is 0.359 e. The molecule has 0 saturated heterocycles. The monoisotopic (exact) mass is 364 g/mol. The van der Waals surface area contributed by atoms with Crippen LogP contribution in [-0.4, -0.2) is 22.0 Å². The molecule has 0 aliphatic carbocycles. The summed E-state index contributed by atoms with van der Waals surface area (Å²) in [6, 6.07) is 6.29. The van der Waals surface area contributed by atoms with E-state index in [1.807, 2.05) is 19.2 Å². The highest BCUT2D eigenvalue weighted by Crippen LogP contribution is 2.24. The van der Waals surface area contributed by atoms with E-state index < -0.39 is 0 Å². The van der Waals surface area contributed by atoms with Crippen molar-refractivity contribution in [2.75, 3.05) is 0 Å². The summed E-state index contributed by atoms with van der Waals surface area (Å²) in [5, 5.41) is 5.87. The average Bonchev–Trinajstić information content (AvgIpc) is 3.00. The van der Waals surface area contributed by atoms with Gasteiger partial charge in [-0.2, -0.15) is 0 Å². The fraction of sp³-hybridized carbons (Fsp3) is 0.188. The first kappa shape index (κ1) is 18.0. The third kappa shape index (κ3) is 5.71. The van der Waals surface area contributed by atoms with Gasteiger partial charge in [0, 0.05) is 23.1 Å². The molecule has 0 unspecified atom stereocenters. The molecule has 2 rings (SSSR count). The number of nitrogens with zero attached hydrogens (tertiary/aromatic N) is 1. The normalized spacial score (nSPS) is 10.8. The summed E-state index contributed by atoms with van der Waals surface area (Å²) < 4.78 is 12.9. The van der Waals surface area contributed by atoms with Crippen LogP contribution in [0.1, 0.15) is 19.5 Å². The standard InChI is InChI=1S/C16H17FN4OS2/c1-10(2)18-16(23)21-20-14(22)8-7-13-9-24-15(19-13)11-3-5-12(17)6-4-11/h3-10H,1-2H3,(H,20,22)(H2,18,21,23)/b8-7+. The molecule has 126 valence electrons. The van der Waals surface area contributed by atoms with Crippen LogP contribution in [0.5, 0.6) is 0 Å². The first-order chi connectivity index (χ1) is 11.4. The molecule has 0 aliphatic rings. The van der Waals surface area contributed by atoms with Crippen LogP contribution in [-0.2, 0) is 4.79 Å². The third-order valence-corrected chi connectivity index (χ3v) is 3.87. The predicted molar refractivity (Wildman–Crippen MR) is 98.7 cm³/mol. The molecule has 2 aromatic rings. The van der Waals surface area contributed by atoms with Gasteiger partial charge in [-0.15, -0.1) is 11.3 Å². The first-order valence-corrected chi connectivity index (χ1v) is 8.49. The number of hydrazine groups is 1. The molecule has 0 fully saturated rings. The zero-order valence-corrected chi connectivity index (χ0v) is 14.8. The topological polar surface area (TPSA) is 66.0 Å². The Kier molecular flexibility index (Phi) is 6.39. The molecule has 1 amide bonds. The molecule has 0 spiro atoms. The molecule has 3 N–H and O–H groups in total. The SMILES string of the molecule is CC(C)NC(=S)NNC(=O)/C=C/c1csc(-c2ccc(F)cc2)n1. The second-order valence-electron chi connectivity index (χ2n) is 5.16. The van der Waals surface area contributed by atoms with Crippen molar-refractivity contribution < 1.29 is 9.18 Å². The van der Waals surface area contributed by atoms with Gasteiger partial charge in [0.15, 0.2) is 5.11 Å². The molecule has 1 heterocycles. The van der Waals surface area contributed by atoms with Crippen molar-refractivity contribution in [2.45, 2.75) is 19.9 Å². The minimum Gasteiger partial charge on any atom is -0.359 e. The molecule has 1 aromatic carbocycles. The quantitative estimate of drug-likeness (QED) is 0.442. The Morgan fingerprint density at radius 3 is 2.67 bits per heavy atom. The van der Waals surface area contributed by atoms with Gasteiger partial charge in [0.2, 0.25) is 0 Å². The Morgan fingerprint density at radius 1 is 1.29 bits per heavy atom. The second-order valence-corrected chi connectivity index (χ2v) is 6.43. The molecule has 0 atom stereocenters. The van der Waals surface area contributed by atoms with E-state index in [0.29, 0.717) is 10.8 Å². The molecule has 0 bridgehead atoms. The number of benzene rings is 1. The molecular formula is C16H17FN4OS2. The van der Waals surface area contributed by atoms with Crippen molar-refractivity contribution in [1.82, 2.24) is 21.2 Å². The van der Waals surface area contributed by atoms with Crippen LogP contribution in [0.25, 0.3) is 16.6 Å². The molecular weight excluding hydrogens is 347 g/mol. The number of carbonyl (C=O) groups excluding carboxylic acids is 1. The van der Waals surface area contributed by atoms with E-state index in [0.717, 1.165) is 10.6 Å². The van der Waals surface area contributed by atoms with Crippen molar-refractivity contribution in [1.29, 1.82) is 0 Å². The van der Waals surface area contributed by atoms with Gasteiger partial charge >= 0.3 is 0 Å². The first-order valence-electron chi connectivity index (χ1n) is 7.20. The van der Waals surface area contributed by atoms with E-state index in [1.54, 1.807) is 18.2 Å². The van der Waals surface area contributed by atoms with Crippen molar-refractivity contribution in [3.8, 4) is 10.6 Å². The molecule has 0 saturated carbocycles. The van der Waals surface area contributed by atoms with E-state index in [9.17, 15) is 9.18 Å². The number of thiocarbonyl (C=S) groups is 1. The van der Waals surface area contributed by atoms with Crippen LogP contribution >= 0.6 is 23.6 Å². The zero-order valence-electron chi connectivity index (χ0n) is 13.2. The number of carbonyl (C=O) groups is 1. The smallest absolute Gasteiger partial charge is 0.262 e. The van der Waals surface area contributed by atoms with Gasteiger partial charge in [-0.25, -0.2) is 9.37 Å². The zero-order chi connectivity index (χ0) is 17.5. The van der Waals surface area contributed by atoms with Gasteiger partial charge in [-0.1, -0.05) is 0 Å². The van der Waals surface area contributed by atoms with Crippen LogP contribution in [0.2, 0.25) is 0 Å². The number of amides is 1. The number of aromatic nitrogens is 1. The summed E-state index contributed by atoms with van der Waals surface area (Å²) >= 11 is 6.42. The second kappa shape index (κ2) is 8.51. The fourth-order valence-corrected chi connectivity index (χ4v) is 2.79. The van der Waals surface area contributed by atoms with Crippen molar-refractivity contribution in [3.63, 3.8) is 0 Å². The summed E-state index contributed by atoms with van der Waals surface area (Å²) in [5.74, 6) is -0.635. The molecule has 24 heavy (non-hydrogen) atoms. The number of nitrogens with one attached hydrogen (secondary N) is 3. The van der Waals surface area contributed by atoms with Gasteiger partial charge in [0.1, 0.15) is 10.8 Å². The van der Waals surface area contributed by atoms with Gasteiger partial charge in [0.25, 0.3) is 5.91 Å². The Hall–Kier alpha value is -2.32. The highest BCUT2D eigenvalue weighted by atomic mass is 32.1. The maximum atomic E-state index is 12.9. The number of hydrogen-bond acceptors (Lipinski definition) is 4. The van der Waals surface area contributed by atoms with Crippen molar-refractivity contribution in [3.05, 3.63) is 47.2 Å². The number of rotatable bonds is 4. The fourth-order valence-electron chi connectivity index (χ4n) is 1.71. The van der Waals surface area contributed by atoms with Gasteiger partial charge in [-0.05, 0) is 56.4 Å². The van der Waals surface area contributed by atoms with Crippen LogP contribution in [0.4, 0.5) is 4.39 Å². The maximum Gasteiger partial charge on any atom is 0.262 e. The molecule has 0 radical (unpaired) electrons. The lowest BCUT2D eigenvalue weighted by Crippen LogP contribution is -2.48. The van der Waals surface area contributed by atoms with Crippen LogP contribution < -0.4 is 16.2 Å². The summed E-state index contributed by atoms with van der Waals surface area (Å²) in [6.45, 7) is 3.88. The lowest BCUT2D eigenvalue weighted by atomic mass is 10.2. The van der Waals surface area contributed by atoms with Crippen LogP contribution in [0.3, 0.4) is 0 Å². The Balaban J connectivity index is 1.89. The van der Waals surface area contributed by atoms with Gasteiger partial charge in [-0.3, -0.25) is 15.6 Å². The maximum absolute atomic E-state index is 12.9. The molecule has 1 aromatic heterocycles. The average molecular weight is 364 g/mol. The van der Waals surface area contributed by atoms with E-state index in [1.165, 1.54) is 29.5 Å². The lowest BCUT2D eigenvalue weighted by molar-refractivity contribution is -0.116. The number of halogens is 1. The minimum atomic E-state index is -0.348. The van der Waals surface area contributed by atoms with Crippen molar-refractivity contribution >= 4 is 40.7 Å². The Bertz CT molecular complexity index is 741. The molecule has 5 nitrogen and oxygen atoms in total. The van der Waals surface area contributed by atoms with Gasteiger partial charge < -0.3 is 5.32 Å².